The molecule has 0 atom stereocenters. The van der Waals surface area contributed by atoms with Gasteiger partial charge in [-0.15, -0.1) is 0 Å². The fourth-order valence-electron chi connectivity index (χ4n) is 3.10. The van der Waals surface area contributed by atoms with Gasteiger partial charge < -0.3 is 15.6 Å². The van der Waals surface area contributed by atoms with Crippen molar-refractivity contribution in [2.24, 2.45) is 0 Å². The van der Waals surface area contributed by atoms with Crippen LogP contribution in [-0.2, 0) is 13.0 Å². The Morgan fingerprint density at radius 3 is 2.66 bits per heavy atom. The number of nitrogens with one attached hydrogen (secondary N) is 3. The highest BCUT2D eigenvalue weighted by Gasteiger charge is 2.09. The molecular formula is C22H20FN5O. The molecule has 29 heavy (non-hydrogen) atoms. The summed E-state index contributed by atoms with van der Waals surface area (Å²) in [5.41, 5.74) is 3.01. The molecule has 2 aromatic carbocycles. The van der Waals surface area contributed by atoms with Gasteiger partial charge in [-0.05, 0) is 24.1 Å². The molecule has 0 aliphatic rings. The van der Waals surface area contributed by atoms with E-state index >= 15 is 0 Å². The van der Waals surface area contributed by atoms with Gasteiger partial charge in [0, 0.05) is 35.8 Å². The second-order valence-electron chi connectivity index (χ2n) is 6.60. The number of H-pyrrole nitrogens is 1. The SMILES string of the molecule is O=C(NCCc1c[nH]c2ccccc12)c1cnc(NCc2ccccc2F)cn1. The van der Waals surface area contributed by atoms with Crippen LogP contribution < -0.4 is 10.6 Å². The zero-order valence-electron chi connectivity index (χ0n) is 15.7. The van der Waals surface area contributed by atoms with Gasteiger partial charge in [-0.1, -0.05) is 36.4 Å². The van der Waals surface area contributed by atoms with Crippen LogP contribution in [0.4, 0.5) is 10.2 Å². The molecule has 4 aromatic rings. The van der Waals surface area contributed by atoms with E-state index < -0.39 is 0 Å². The summed E-state index contributed by atoms with van der Waals surface area (Å²) in [5, 5.41) is 7.02. The predicted molar refractivity (Wildman–Crippen MR) is 110 cm³/mol. The van der Waals surface area contributed by atoms with Crippen LogP contribution in [0.2, 0.25) is 0 Å². The first kappa shape index (κ1) is 18.6. The molecule has 0 aliphatic carbocycles. The van der Waals surface area contributed by atoms with E-state index in [1.54, 1.807) is 18.2 Å². The zero-order chi connectivity index (χ0) is 20.1. The molecule has 4 rings (SSSR count). The molecule has 0 fully saturated rings. The molecule has 0 saturated carbocycles. The molecule has 0 unspecified atom stereocenters. The molecule has 0 bridgehead atoms. The number of fused-ring (bicyclic) bond motifs is 1. The Balaban J connectivity index is 1.29. The fraction of sp³-hybridized carbons (Fsp3) is 0.136. The predicted octanol–water partition coefficient (Wildman–Crippen LogP) is 3.68. The Labute approximate surface area is 167 Å². The quantitative estimate of drug-likeness (QED) is 0.450. The lowest BCUT2D eigenvalue weighted by molar-refractivity contribution is 0.0949. The number of hydrogen-bond donors (Lipinski definition) is 3. The lowest BCUT2D eigenvalue weighted by Gasteiger charge is -2.07. The van der Waals surface area contributed by atoms with Crippen molar-refractivity contribution >= 4 is 22.6 Å². The molecule has 7 heteroatoms. The van der Waals surface area contributed by atoms with Crippen molar-refractivity contribution in [1.82, 2.24) is 20.3 Å². The van der Waals surface area contributed by atoms with Crippen LogP contribution in [0.5, 0.6) is 0 Å². The minimum Gasteiger partial charge on any atom is -0.365 e. The number of halogens is 1. The number of rotatable bonds is 7. The van der Waals surface area contributed by atoms with Crippen LogP contribution in [0.15, 0.2) is 67.1 Å². The zero-order valence-corrected chi connectivity index (χ0v) is 15.7. The van der Waals surface area contributed by atoms with Crippen molar-refractivity contribution in [3.8, 4) is 0 Å². The van der Waals surface area contributed by atoms with E-state index in [4.69, 9.17) is 0 Å². The first-order valence-corrected chi connectivity index (χ1v) is 9.33. The van der Waals surface area contributed by atoms with E-state index in [0.717, 1.165) is 16.5 Å². The van der Waals surface area contributed by atoms with E-state index in [-0.39, 0.29) is 24.0 Å². The Bertz CT molecular complexity index is 1120. The van der Waals surface area contributed by atoms with Gasteiger partial charge in [0.25, 0.3) is 5.91 Å². The number of carbonyl (C=O) groups excluding carboxylic acids is 1. The van der Waals surface area contributed by atoms with Crippen LogP contribution in [-0.4, -0.2) is 27.4 Å². The smallest absolute Gasteiger partial charge is 0.271 e. The van der Waals surface area contributed by atoms with Gasteiger partial charge in [0.1, 0.15) is 17.3 Å². The maximum atomic E-state index is 13.6. The molecule has 6 nitrogen and oxygen atoms in total. The number of amides is 1. The molecule has 0 radical (unpaired) electrons. The van der Waals surface area contributed by atoms with Gasteiger partial charge in [0.15, 0.2) is 0 Å². The van der Waals surface area contributed by atoms with Gasteiger partial charge in [0.05, 0.1) is 12.4 Å². The highest BCUT2D eigenvalue weighted by Crippen LogP contribution is 2.17. The number of carbonyl (C=O) groups is 1. The minimum atomic E-state index is -0.280. The normalized spacial score (nSPS) is 10.8. The largest absolute Gasteiger partial charge is 0.365 e. The lowest BCUT2D eigenvalue weighted by atomic mass is 10.1. The third kappa shape index (κ3) is 4.40. The van der Waals surface area contributed by atoms with E-state index in [9.17, 15) is 9.18 Å². The second-order valence-corrected chi connectivity index (χ2v) is 6.60. The second kappa shape index (κ2) is 8.52. The highest BCUT2D eigenvalue weighted by atomic mass is 19.1. The monoisotopic (exact) mass is 389 g/mol. The summed E-state index contributed by atoms with van der Waals surface area (Å²) in [4.78, 5) is 23.8. The maximum Gasteiger partial charge on any atom is 0.271 e. The molecule has 1 amide bonds. The summed E-state index contributed by atoms with van der Waals surface area (Å²) in [6.45, 7) is 0.785. The topological polar surface area (TPSA) is 82.7 Å². The summed E-state index contributed by atoms with van der Waals surface area (Å²) in [5.74, 6) is -0.0826. The fourth-order valence-corrected chi connectivity index (χ4v) is 3.10. The van der Waals surface area contributed by atoms with Gasteiger partial charge in [0.2, 0.25) is 0 Å². The van der Waals surface area contributed by atoms with Crippen molar-refractivity contribution in [2.75, 3.05) is 11.9 Å². The number of aromatic nitrogens is 3. The van der Waals surface area contributed by atoms with Gasteiger partial charge in [-0.3, -0.25) is 4.79 Å². The third-order valence-corrected chi connectivity index (χ3v) is 4.66. The van der Waals surface area contributed by atoms with Crippen molar-refractivity contribution in [1.29, 1.82) is 0 Å². The molecule has 0 saturated heterocycles. The number of benzene rings is 2. The summed E-state index contributed by atoms with van der Waals surface area (Å²) in [6.07, 6.45) is 5.55. The van der Waals surface area contributed by atoms with Crippen LogP contribution in [0.3, 0.4) is 0 Å². The van der Waals surface area contributed by atoms with E-state index in [0.29, 0.717) is 24.3 Å². The lowest BCUT2D eigenvalue weighted by Crippen LogP contribution is -2.26. The summed E-state index contributed by atoms with van der Waals surface area (Å²) >= 11 is 0. The summed E-state index contributed by atoms with van der Waals surface area (Å²) in [6, 6.07) is 14.6. The number of nitrogens with zero attached hydrogens (tertiary/aromatic N) is 2. The number of aromatic amines is 1. The molecule has 0 spiro atoms. The Hall–Kier alpha value is -3.74. The van der Waals surface area contributed by atoms with Gasteiger partial charge in [-0.25, -0.2) is 14.4 Å². The molecule has 2 aromatic heterocycles. The Morgan fingerprint density at radius 1 is 1.00 bits per heavy atom. The molecule has 2 heterocycles. The standard InChI is InChI=1S/C22H20FN5O/c23-18-7-3-1-5-16(18)12-27-21-14-26-20(13-28-21)22(29)24-10-9-15-11-25-19-8-4-2-6-17(15)19/h1-8,11,13-14,25H,9-10,12H2,(H,24,29)(H,27,28). The van der Waals surface area contributed by atoms with Crippen molar-refractivity contribution in [3.63, 3.8) is 0 Å². The summed E-state index contributed by atoms with van der Waals surface area (Å²) in [7, 11) is 0. The van der Waals surface area contributed by atoms with Crippen LogP contribution in [0, 0.1) is 5.82 Å². The molecule has 146 valence electrons. The molecule has 0 aliphatic heterocycles. The number of hydrogen-bond acceptors (Lipinski definition) is 4. The van der Waals surface area contributed by atoms with Crippen molar-refractivity contribution in [2.45, 2.75) is 13.0 Å². The average Bonchev–Trinajstić information content (AvgIpc) is 3.17. The van der Waals surface area contributed by atoms with E-state index in [2.05, 4.69) is 31.7 Å². The molecule has 3 N–H and O–H groups in total. The minimum absolute atomic E-state index is 0.236. The van der Waals surface area contributed by atoms with Crippen LogP contribution in [0.25, 0.3) is 10.9 Å². The van der Waals surface area contributed by atoms with Crippen molar-refractivity contribution < 1.29 is 9.18 Å². The van der Waals surface area contributed by atoms with Crippen molar-refractivity contribution in [3.05, 3.63) is 89.8 Å². The van der Waals surface area contributed by atoms with E-state index in [1.165, 1.54) is 18.5 Å². The average molecular weight is 389 g/mol. The Kier molecular flexibility index (Phi) is 5.47. The number of anilines is 1. The van der Waals surface area contributed by atoms with Crippen LogP contribution in [0.1, 0.15) is 21.6 Å². The molecular weight excluding hydrogens is 369 g/mol. The first-order chi connectivity index (χ1) is 14.2. The summed E-state index contributed by atoms with van der Waals surface area (Å²) < 4.78 is 13.6. The Morgan fingerprint density at radius 2 is 1.83 bits per heavy atom. The van der Waals surface area contributed by atoms with Crippen LogP contribution >= 0.6 is 0 Å². The number of para-hydroxylation sites is 1. The van der Waals surface area contributed by atoms with Gasteiger partial charge >= 0.3 is 0 Å². The van der Waals surface area contributed by atoms with E-state index in [1.807, 2.05) is 24.4 Å². The first-order valence-electron chi connectivity index (χ1n) is 9.33. The van der Waals surface area contributed by atoms with Gasteiger partial charge in [-0.2, -0.15) is 0 Å². The maximum absolute atomic E-state index is 13.6. The highest BCUT2D eigenvalue weighted by molar-refractivity contribution is 5.92. The third-order valence-electron chi connectivity index (χ3n) is 4.66.